The number of hydrogen-bond acceptors (Lipinski definition) is 7. The number of anilines is 3. The van der Waals surface area contributed by atoms with Gasteiger partial charge in [0, 0.05) is 0 Å². The van der Waals surface area contributed by atoms with Gasteiger partial charge in [0.15, 0.2) is 17.3 Å². The second-order valence-electron chi connectivity index (χ2n) is 5.36. The number of phenolic OH excluding ortho intramolecular Hbond substituents is 1. The summed E-state index contributed by atoms with van der Waals surface area (Å²) in [5, 5.41) is 13.1. The molecule has 132 valence electrons. The highest BCUT2D eigenvalue weighted by Crippen LogP contribution is 2.33. The zero-order valence-corrected chi connectivity index (χ0v) is 13.9. The number of nitrogen functional groups attached to an aromatic ring is 1. The summed E-state index contributed by atoms with van der Waals surface area (Å²) in [5.74, 6) is 0.0240. The molecule has 0 saturated carbocycles. The van der Waals surface area contributed by atoms with Gasteiger partial charge in [-0.2, -0.15) is 0 Å². The summed E-state index contributed by atoms with van der Waals surface area (Å²) in [7, 11) is 1.53. The van der Waals surface area contributed by atoms with Gasteiger partial charge in [-0.15, -0.1) is 0 Å². The zero-order valence-electron chi connectivity index (χ0n) is 13.9. The Labute approximate surface area is 149 Å². The van der Waals surface area contributed by atoms with Crippen molar-refractivity contribution in [2.75, 3.05) is 18.2 Å². The van der Waals surface area contributed by atoms with Crippen LogP contribution in [0.5, 0.6) is 11.5 Å². The van der Waals surface area contributed by atoms with Gasteiger partial charge in [0.2, 0.25) is 0 Å². The molecule has 0 atom stereocenters. The molecule has 1 aromatic heterocycles. The van der Waals surface area contributed by atoms with Gasteiger partial charge in [-0.3, -0.25) is 4.79 Å². The molecule has 0 spiro atoms. The Hall–Kier alpha value is -3.81. The van der Waals surface area contributed by atoms with Crippen molar-refractivity contribution >= 4 is 23.1 Å². The van der Waals surface area contributed by atoms with Crippen LogP contribution in [0.4, 0.5) is 17.2 Å². The number of aromatic hydroxyl groups is 1. The SMILES string of the molecule is COc1ccccc1Nc1nc(-c2ccccc2O)nc(C(N)=O)c1N. The van der Waals surface area contributed by atoms with E-state index in [1.165, 1.54) is 13.2 Å². The number of nitrogens with one attached hydrogen (secondary N) is 1. The van der Waals surface area contributed by atoms with Crippen molar-refractivity contribution in [1.82, 2.24) is 9.97 Å². The van der Waals surface area contributed by atoms with Gasteiger partial charge in [0.25, 0.3) is 5.91 Å². The molecule has 0 bridgehead atoms. The monoisotopic (exact) mass is 351 g/mol. The van der Waals surface area contributed by atoms with E-state index in [0.29, 0.717) is 17.0 Å². The summed E-state index contributed by atoms with van der Waals surface area (Å²) in [6, 6.07) is 13.6. The number of ether oxygens (including phenoxy) is 1. The van der Waals surface area contributed by atoms with Gasteiger partial charge < -0.3 is 26.6 Å². The number of aromatic nitrogens is 2. The van der Waals surface area contributed by atoms with Crippen molar-refractivity contribution < 1.29 is 14.6 Å². The van der Waals surface area contributed by atoms with Crippen molar-refractivity contribution in [3.05, 3.63) is 54.2 Å². The molecule has 2 aromatic carbocycles. The van der Waals surface area contributed by atoms with Gasteiger partial charge >= 0.3 is 0 Å². The molecular formula is C18H17N5O3. The molecule has 1 heterocycles. The van der Waals surface area contributed by atoms with E-state index < -0.39 is 5.91 Å². The fourth-order valence-electron chi connectivity index (χ4n) is 2.41. The molecule has 8 heteroatoms. The van der Waals surface area contributed by atoms with Gasteiger partial charge in [-0.05, 0) is 24.3 Å². The lowest BCUT2D eigenvalue weighted by molar-refractivity contribution is 0.0996. The number of amides is 1. The Balaban J connectivity index is 2.15. The average molecular weight is 351 g/mol. The molecule has 0 fully saturated rings. The van der Waals surface area contributed by atoms with E-state index in [0.717, 1.165) is 0 Å². The Morgan fingerprint density at radius 1 is 1.12 bits per heavy atom. The summed E-state index contributed by atoms with van der Waals surface area (Å²) in [6.45, 7) is 0. The van der Waals surface area contributed by atoms with Crippen molar-refractivity contribution in [2.45, 2.75) is 0 Å². The lowest BCUT2D eigenvalue weighted by atomic mass is 10.1. The summed E-state index contributed by atoms with van der Waals surface area (Å²) >= 11 is 0. The van der Waals surface area contributed by atoms with Crippen molar-refractivity contribution in [2.24, 2.45) is 5.73 Å². The van der Waals surface area contributed by atoms with Gasteiger partial charge in [0.1, 0.15) is 17.2 Å². The molecule has 0 aliphatic carbocycles. The average Bonchev–Trinajstić information content (AvgIpc) is 2.64. The standard InChI is InChI=1S/C18H17N5O3/c1-26-13-9-5-3-7-11(13)21-18-14(19)15(16(20)25)22-17(23-18)10-6-2-4-8-12(10)24/h2-9,24H,19H2,1H3,(H2,20,25)(H,21,22,23). The van der Waals surface area contributed by atoms with Crippen LogP contribution >= 0.6 is 0 Å². The molecule has 3 aromatic rings. The number of para-hydroxylation sites is 3. The van der Waals surface area contributed by atoms with E-state index in [9.17, 15) is 9.90 Å². The molecule has 0 aliphatic rings. The summed E-state index contributed by atoms with van der Waals surface area (Å²) in [5.41, 5.74) is 12.2. The molecule has 0 saturated heterocycles. The predicted molar refractivity (Wildman–Crippen MR) is 98.3 cm³/mol. The largest absolute Gasteiger partial charge is 0.507 e. The quantitative estimate of drug-likeness (QED) is 0.553. The van der Waals surface area contributed by atoms with Crippen LogP contribution in [-0.4, -0.2) is 28.1 Å². The Morgan fingerprint density at radius 3 is 2.50 bits per heavy atom. The zero-order chi connectivity index (χ0) is 18.7. The number of nitrogens with zero attached hydrogens (tertiary/aromatic N) is 2. The highest BCUT2D eigenvalue weighted by Gasteiger charge is 2.19. The second kappa shape index (κ2) is 6.98. The summed E-state index contributed by atoms with van der Waals surface area (Å²) < 4.78 is 5.29. The van der Waals surface area contributed by atoms with Crippen LogP contribution < -0.4 is 21.5 Å². The van der Waals surface area contributed by atoms with Crippen LogP contribution in [0.3, 0.4) is 0 Å². The van der Waals surface area contributed by atoms with Crippen molar-refractivity contribution in [1.29, 1.82) is 0 Å². The lowest BCUT2D eigenvalue weighted by Crippen LogP contribution is -2.18. The molecule has 6 N–H and O–H groups in total. The Bertz CT molecular complexity index is 975. The topological polar surface area (TPSA) is 136 Å². The number of hydrogen-bond donors (Lipinski definition) is 4. The first-order valence-electron chi connectivity index (χ1n) is 7.67. The molecule has 0 radical (unpaired) electrons. The van der Waals surface area contributed by atoms with E-state index in [-0.39, 0.29) is 28.8 Å². The Morgan fingerprint density at radius 2 is 1.81 bits per heavy atom. The van der Waals surface area contributed by atoms with Crippen molar-refractivity contribution in [3.63, 3.8) is 0 Å². The molecule has 3 rings (SSSR count). The number of phenols is 1. The minimum absolute atomic E-state index is 0.00239. The number of benzene rings is 2. The highest BCUT2D eigenvalue weighted by atomic mass is 16.5. The second-order valence-corrected chi connectivity index (χ2v) is 5.36. The van der Waals surface area contributed by atoms with Gasteiger partial charge in [0.05, 0.1) is 18.4 Å². The van der Waals surface area contributed by atoms with Crippen LogP contribution in [0, 0.1) is 0 Å². The summed E-state index contributed by atoms with van der Waals surface area (Å²) in [6.07, 6.45) is 0. The maximum atomic E-state index is 11.8. The number of methoxy groups -OCH3 is 1. The lowest BCUT2D eigenvalue weighted by Gasteiger charge is -2.14. The van der Waals surface area contributed by atoms with E-state index in [1.54, 1.807) is 36.4 Å². The first kappa shape index (κ1) is 17.0. The fraction of sp³-hybridized carbons (Fsp3) is 0.0556. The van der Waals surface area contributed by atoms with Gasteiger partial charge in [-0.1, -0.05) is 24.3 Å². The molecule has 0 aliphatic heterocycles. The van der Waals surface area contributed by atoms with Crippen molar-refractivity contribution in [3.8, 4) is 22.9 Å². The minimum atomic E-state index is -0.801. The fourth-order valence-corrected chi connectivity index (χ4v) is 2.41. The number of carbonyl (C=O) groups excluding carboxylic acids is 1. The van der Waals surface area contributed by atoms with E-state index in [1.807, 2.05) is 6.07 Å². The van der Waals surface area contributed by atoms with Crippen LogP contribution in [-0.2, 0) is 0 Å². The Kier molecular flexibility index (Phi) is 4.57. The van der Waals surface area contributed by atoms with Crippen LogP contribution in [0.25, 0.3) is 11.4 Å². The third-order valence-corrected chi connectivity index (χ3v) is 3.68. The molecule has 1 amide bonds. The molecule has 8 nitrogen and oxygen atoms in total. The number of primary amides is 1. The number of nitrogens with two attached hydrogens (primary N) is 2. The normalized spacial score (nSPS) is 10.3. The maximum Gasteiger partial charge on any atom is 0.269 e. The smallest absolute Gasteiger partial charge is 0.269 e. The third kappa shape index (κ3) is 3.20. The summed E-state index contributed by atoms with van der Waals surface area (Å²) in [4.78, 5) is 20.2. The number of rotatable bonds is 5. The van der Waals surface area contributed by atoms with Gasteiger partial charge in [-0.25, -0.2) is 9.97 Å². The van der Waals surface area contributed by atoms with E-state index >= 15 is 0 Å². The van der Waals surface area contributed by atoms with Crippen LogP contribution in [0.15, 0.2) is 48.5 Å². The molecular weight excluding hydrogens is 334 g/mol. The molecule has 0 unspecified atom stereocenters. The first-order valence-corrected chi connectivity index (χ1v) is 7.67. The van der Waals surface area contributed by atoms with E-state index in [4.69, 9.17) is 16.2 Å². The first-order chi connectivity index (χ1) is 12.5. The van der Waals surface area contributed by atoms with Crippen LogP contribution in [0.2, 0.25) is 0 Å². The maximum absolute atomic E-state index is 11.8. The number of carbonyl (C=O) groups is 1. The minimum Gasteiger partial charge on any atom is -0.507 e. The molecule has 26 heavy (non-hydrogen) atoms. The van der Waals surface area contributed by atoms with Crippen LogP contribution in [0.1, 0.15) is 10.5 Å². The van der Waals surface area contributed by atoms with E-state index in [2.05, 4.69) is 15.3 Å². The highest BCUT2D eigenvalue weighted by molar-refractivity contribution is 5.99. The predicted octanol–water partition coefficient (Wildman–Crippen LogP) is 2.28. The third-order valence-electron chi connectivity index (χ3n) is 3.68.